The maximum Gasteiger partial charge on any atom is 0.0606 e. The summed E-state index contributed by atoms with van der Waals surface area (Å²) in [6, 6.07) is 15.1. The van der Waals surface area contributed by atoms with E-state index in [-0.39, 0.29) is 0 Å². The van der Waals surface area contributed by atoms with Crippen molar-refractivity contribution in [3.63, 3.8) is 0 Å². The van der Waals surface area contributed by atoms with Crippen LogP contribution in [0.2, 0.25) is 5.02 Å². The molecular formula is C19H24ClN. The lowest BCUT2D eigenvalue weighted by atomic mass is 9.90. The van der Waals surface area contributed by atoms with Crippen LogP contribution < -0.4 is 0 Å². The molecule has 0 aliphatic rings. The van der Waals surface area contributed by atoms with Gasteiger partial charge in [-0.1, -0.05) is 55.8 Å². The lowest BCUT2D eigenvalue weighted by Gasteiger charge is -2.32. The van der Waals surface area contributed by atoms with Crippen molar-refractivity contribution in [2.45, 2.75) is 33.7 Å². The highest BCUT2D eigenvalue weighted by molar-refractivity contribution is 6.30. The van der Waals surface area contributed by atoms with Gasteiger partial charge in [-0.3, -0.25) is 4.90 Å². The van der Waals surface area contributed by atoms with Crippen molar-refractivity contribution >= 4 is 11.6 Å². The summed E-state index contributed by atoms with van der Waals surface area (Å²) in [7, 11) is 0. The molecule has 2 aromatic carbocycles. The van der Waals surface area contributed by atoms with Gasteiger partial charge in [-0.15, -0.1) is 0 Å². The van der Waals surface area contributed by atoms with Gasteiger partial charge in [0, 0.05) is 5.02 Å². The molecule has 2 aromatic rings. The van der Waals surface area contributed by atoms with Crippen LogP contribution in [-0.2, 0) is 0 Å². The molecule has 0 spiro atoms. The second-order valence-electron chi connectivity index (χ2n) is 5.48. The van der Waals surface area contributed by atoms with Crippen molar-refractivity contribution < 1.29 is 0 Å². The Hall–Kier alpha value is -1.31. The fraction of sp³-hybridized carbons (Fsp3) is 0.368. The molecule has 0 aromatic heterocycles. The summed E-state index contributed by atoms with van der Waals surface area (Å²) in [5.74, 6) is 0. The summed E-state index contributed by atoms with van der Waals surface area (Å²) in [5, 5.41) is 0.790. The van der Waals surface area contributed by atoms with Gasteiger partial charge in [-0.2, -0.15) is 0 Å². The summed E-state index contributed by atoms with van der Waals surface area (Å²) < 4.78 is 0. The number of halogens is 1. The van der Waals surface area contributed by atoms with E-state index in [2.05, 4.69) is 62.9 Å². The standard InChI is InChI=1S/C19H24ClN/c1-5-21(6-2)19(16-10-12-17(20)13-11-16)18-14(3)8-7-9-15(18)4/h7-13,19H,5-6H2,1-4H3. The second-order valence-corrected chi connectivity index (χ2v) is 5.92. The molecule has 0 radical (unpaired) electrons. The van der Waals surface area contributed by atoms with Gasteiger partial charge in [0.15, 0.2) is 0 Å². The predicted octanol–water partition coefficient (Wildman–Crippen LogP) is 5.39. The fourth-order valence-corrected chi connectivity index (χ4v) is 3.18. The molecular weight excluding hydrogens is 278 g/mol. The molecule has 0 aliphatic carbocycles. The number of hydrogen-bond donors (Lipinski definition) is 0. The molecule has 0 fully saturated rings. The summed E-state index contributed by atoms with van der Waals surface area (Å²) in [6.07, 6.45) is 0. The minimum absolute atomic E-state index is 0.290. The van der Waals surface area contributed by atoms with Crippen LogP contribution in [0.15, 0.2) is 42.5 Å². The van der Waals surface area contributed by atoms with Crippen LogP contribution in [0.3, 0.4) is 0 Å². The predicted molar refractivity (Wildman–Crippen MR) is 92.1 cm³/mol. The highest BCUT2D eigenvalue weighted by Gasteiger charge is 2.23. The molecule has 0 bridgehead atoms. The Morgan fingerprint density at radius 2 is 1.43 bits per heavy atom. The monoisotopic (exact) mass is 301 g/mol. The Morgan fingerprint density at radius 1 is 0.905 bits per heavy atom. The van der Waals surface area contributed by atoms with Crippen molar-refractivity contribution in [3.8, 4) is 0 Å². The first-order valence-corrected chi connectivity index (χ1v) is 8.01. The van der Waals surface area contributed by atoms with Crippen LogP contribution in [0.1, 0.15) is 42.1 Å². The van der Waals surface area contributed by atoms with Crippen LogP contribution in [0, 0.1) is 13.8 Å². The van der Waals surface area contributed by atoms with Gasteiger partial charge in [-0.05, 0) is 61.3 Å². The van der Waals surface area contributed by atoms with Crippen molar-refractivity contribution in [1.82, 2.24) is 4.90 Å². The third kappa shape index (κ3) is 3.48. The quantitative estimate of drug-likeness (QED) is 0.716. The molecule has 2 heteroatoms. The summed E-state index contributed by atoms with van der Waals surface area (Å²) in [5.41, 5.74) is 5.42. The van der Waals surface area contributed by atoms with Crippen molar-refractivity contribution in [2.75, 3.05) is 13.1 Å². The van der Waals surface area contributed by atoms with Gasteiger partial charge in [0.25, 0.3) is 0 Å². The van der Waals surface area contributed by atoms with Crippen LogP contribution in [0.5, 0.6) is 0 Å². The maximum atomic E-state index is 6.06. The molecule has 0 amide bonds. The molecule has 21 heavy (non-hydrogen) atoms. The smallest absolute Gasteiger partial charge is 0.0606 e. The first-order valence-electron chi connectivity index (χ1n) is 7.64. The Bertz CT molecular complexity index is 565. The van der Waals surface area contributed by atoms with E-state index in [1.54, 1.807) is 0 Å². The first-order chi connectivity index (χ1) is 10.1. The number of nitrogens with zero attached hydrogens (tertiary/aromatic N) is 1. The molecule has 1 nitrogen and oxygen atoms in total. The highest BCUT2D eigenvalue weighted by Crippen LogP contribution is 2.33. The Balaban J connectivity index is 2.58. The van der Waals surface area contributed by atoms with Gasteiger partial charge < -0.3 is 0 Å². The zero-order valence-electron chi connectivity index (χ0n) is 13.4. The van der Waals surface area contributed by atoms with Crippen molar-refractivity contribution in [2.24, 2.45) is 0 Å². The SMILES string of the molecule is CCN(CC)C(c1ccc(Cl)cc1)c1c(C)cccc1C. The zero-order chi connectivity index (χ0) is 15.4. The van der Waals surface area contributed by atoms with Gasteiger partial charge in [-0.25, -0.2) is 0 Å². The molecule has 0 heterocycles. The van der Waals surface area contributed by atoms with E-state index >= 15 is 0 Å². The van der Waals surface area contributed by atoms with Crippen LogP contribution in [0.4, 0.5) is 0 Å². The minimum Gasteiger partial charge on any atom is -0.293 e. The third-order valence-corrected chi connectivity index (χ3v) is 4.43. The number of benzene rings is 2. The topological polar surface area (TPSA) is 3.24 Å². The molecule has 2 rings (SSSR count). The number of hydrogen-bond acceptors (Lipinski definition) is 1. The molecule has 1 atom stereocenters. The summed E-state index contributed by atoms with van der Waals surface area (Å²) in [4.78, 5) is 2.50. The van der Waals surface area contributed by atoms with E-state index in [0.717, 1.165) is 18.1 Å². The number of aryl methyl sites for hydroxylation is 2. The molecule has 0 saturated carbocycles. The van der Waals surface area contributed by atoms with Crippen LogP contribution in [0.25, 0.3) is 0 Å². The van der Waals surface area contributed by atoms with E-state index < -0.39 is 0 Å². The molecule has 0 N–H and O–H groups in total. The average molecular weight is 302 g/mol. The van der Waals surface area contributed by atoms with E-state index in [4.69, 9.17) is 11.6 Å². The number of rotatable bonds is 5. The molecule has 0 saturated heterocycles. The first kappa shape index (κ1) is 16.1. The Morgan fingerprint density at radius 3 is 1.90 bits per heavy atom. The van der Waals surface area contributed by atoms with E-state index in [1.165, 1.54) is 22.3 Å². The zero-order valence-corrected chi connectivity index (χ0v) is 14.1. The van der Waals surface area contributed by atoms with Crippen LogP contribution in [-0.4, -0.2) is 18.0 Å². The Labute approximate surface area is 133 Å². The maximum absolute atomic E-state index is 6.06. The normalized spacial score (nSPS) is 12.7. The van der Waals surface area contributed by atoms with Gasteiger partial charge in [0.05, 0.1) is 6.04 Å². The van der Waals surface area contributed by atoms with Gasteiger partial charge in [0.2, 0.25) is 0 Å². The molecule has 1 unspecified atom stereocenters. The summed E-state index contributed by atoms with van der Waals surface area (Å²) in [6.45, 7) is 10.9. The highest BCUT2D eigenvalue weighted by atomic mass is 35.5. The largest absolute Gasteiger partial charge is 0.293 e. The molecule has 0 aliphatic heterocycles. The van der Waals surface area contributed by atoms with E-state index in [0.29, 0.717) is 6.04 Å². The molecule has 112 valence electrons. The van der Waals surface area contributed by atoms with Crippen LogP contribution >= 0.6 is 11.6 Å². The van der Waals surface area contributed by atoms with Gasteiger partial charge >= 0.3 is 0 Å². The van der Waals surface area contributed by atoms with Crippen molar-refractivity contribution in [1.29, 1.82) is 0 Å². The average Bonchev–Trinajstić information content (AvgIpc) is 2.47. The van der Waals surface area contributed by atoms with E-state index in [9.17, 15) is 0 Å². The van der Waals surface area contributed by atoms with Gasteiger partial charge in [0.1, 0.15) is 0 Å². The van der Waals surface area contributed by atoms with Crippen molar-refractivity contribution in [3.05, 3.63) is 69.7 Å². The lowest BCUT2D eigenvalue weighted by molar-refractivity contribution is 0.249. The minimum atomic E-state index is 0.290. The summed E-state index contributed by atoms with van der Waals surface area (Å²) >= 11 is 6.06. The fourth-order valence-electron chi connectivity index (χ4n) is 3.05. The van der Waals surface area contributed by atoms with E-state index in [1.807, 2.05) is 12.1 Å². The Kier molecular flexibility index (Phi) is 5.44. The second kappa shape index (κ2) is 7.11. The lowest BCUT2D eigenvalue weighted by Crippen LogP contribution is -2.30. The third-order valence-electron chi connectivity index (χ3n) is 4.18.